The van der Waals surface area contributed by atoms with Crippen LogP contribution in [0, 0.1) is 0 Å². The summed E-state index contributed by atoms with van der Waals surface area (Å²) in [5, 5.41) is 2.95. The fourth-order valence-electron chi connectivity index (χ4n) is 2.82. The molecule has 2 aromatic rings. The quantitative estimate of drug-likeness (QED) is 0.624. The fourth-order valence-corrected chi connectivity index (χ4v) is 2.82. The van der Waals surface area contributed by atoms with Gasteiger partial charge in [0.25, 0.3) is 0 Å². The Hall–Kier alpha value is -2.42. The van der Waals surface area contributed by atoms with Crippen molar-refractivity contribution in [2.75, 3.05) is 5.32 Å². The number of carbonyl (C=O) groups excluding carboxylic acids is 2. The first kappa shape index (κ1) is 18.9. The molecular weight excluding hydrogens is 310 g/mol. The molecule has 0 spiro atoms. The van der Waals surface area contributed by atoms with Crippen LogP contribution in [0.15, 0.2) is 54.6 Å². The molecule has 0 radical (unpaired) electrons. The van der Waals surface area contributed by atoms with Crippen LogP contribution in [0.3, 0.4) is 0 Å². The molecular formula is C22H27NO2. The smallest absolute Gasteiger partial charge is 0.228 e. The van der Waals surface area contributed by atoms with Gasteiger partial charge in [0.05, 0.1) is 6.42 Å². The number of nitrogens with one attached hydrogen (secondary N) is 1. The van der Waals surface area contributed by atoms with E-state index in [0.717, 1.165) is 29.7 Å². The number of Topliss-reactive ketones (excluding diaryl/α,β-unsaturated/α-hetero) is 1. The molecule has 0 aliphatic carbocycles. The molecule has 3 nitrogen and oxygen atoms in total. The van der Waals surface area contributed by atoms with E-state index in [1.54, 1.807) is 0 Å². The molecule has 0 saturated carbocycles. The Kier molecular flexibility index (Phi) is 7.90. The fraction of sp³-hybridized carbons (Fsp3) is 0.364. The molecule has 0 aliphatic rings. The van der Waals surface area contributed by atoms with E-state index in [1.165, 1.54) is 12.8 Å². The molecule has 2 rings (SSSR count). The zero-order valence-corrected chi connectivity index (χ0v) is 15.0. The lowest BCUT2D eigenvalue weighted by molar-refractivity contribution is -0.118. The van der Waals surface area contributed by atoms with Crippen LogP contribution < -0.4 is 5.32 Å². The summed E-state index contributed by atoms with van der Waals surface area (Å²) in [4.78, 5) is 24.5. The van der Waals surface area contributed by atoms with Gasteiger partial charge in [0, 0.05) is 18.5 Å². The minimum Gasteiger partial charge on any atom is -0.326 e. The molecule has 1 amide bonds. The highest BCUT2D eigenvalue weighted by molar-refractivity contribution is 5.94. The Labute approximate surface area is 150 Å². The molecule has 0 heterocycles. The second-order valence-corrected chi connectivity index (χ2v) is 6.39. The largest absolute Gasteiger partial charge is 0.326 e. The predicted octanol–water partition coefficient (Wildman–Crippen LogP) is 4.95. The Balaban J connectivity index is 1.91. The number of carbonyl (C=O) groups is 2. The van der Waals surface area contributed by atoms with Gasteiger partial charge in [-0.25, -0.2) is 0 Å². The summed E-state index contributed by atoms with van der Waals surface area (Å²) in [6.45, 7) is 2.16. The van der Waals surface area contributed by atoms with Gasteiger partial charge < -0.3 is 5.32 Å². The first-order valence-corrected chi connectivity index (χ1v) is 9.12. The van der Waals surface area contributed by atoms with Gasteiger partial charge >= 0.3 is 0 Å². The SMILES string of the molecule is CCCCCCC(=O)Cc1ccccc1NC(=O)Cc1ccccc1. The number of hydrogen-bond donors (Lipinski definition) is 1. The van der Waals surface area contributed by atoms with Crippen molar-refractivity contribution in [3.05, 3.63) is 65.7 Å². The third kappa shape index (κ3) is 6.92. The first-order valence-electron chi connectivity index (χ1n) is 9.12. The number of unbranched alkanes of at least 4 members (excludes halogenated alkanes) is 3. The summed E-state index contributed by atoms with van der Waals surface area (Å²) < 4.78 is 0. The van der Waals surface area contributed by atoms with Crippen LogP contribution in [0.1, 0.15) is 50.2 Å². The van der Waals surface area contributed by atoms with Crippen LogP contribution in [-0.4, -0.2) is 11.7 Å². The third-order valence-corrected chi connectivity index (χ3v) is 4.20. The lowest BCUT2D eigenvalue weighted by Crippen LogP contribution is -2.16. The van der Waals surface area contributed by atoms with Crippen molar-refractivity contribution in [3.63, 3.8) is 0 Å². The van der Waals surface area contributed by atoms with Crippen molar-refractivity contribution < 1.29 is 9.59 Å². The highest BCUT2D eigenvalue weighted by atomic mass is 16.1. The van der Waals surface area contributed by atoms with Gasteiger partial charge in [-0.1, -0.05) is 74.7 Å². The average molecular weight is 337 g/mol. The standard InChI is InChI=1S/C22H27NO2/c1-2-3-4-8-14-20(24)17-19-13-9-10-15-21(19)23-22(25)16-18-11-6-5-7-12-18/h5-7,9-13,15H,2-4,8,14,16-17H2,1H3,(H,23,25). The van der Waals surface area contributed by atoms with Crippen LogP contribution in [-0.2, 0) is 22.4 Å². The molecule has 0 saturated heterocycles. The molecule has 0 unspecified atom stereocenters. The first-order chi connectivity index (χ1) is 12.2. The number of benzene rings is 2. The number of hydrogen-bond acceptors (Lipinski definition) is 2. The van der Waals surface area contributed by atoms with E-state index in [-0.39, 0.29) is 11.7 Å². The molecule has 1 N–H and O–H groups in total. The maximum atomic E-state index is 12.3. The number of para-hydroxylation sites is 1. The summed E-state index contributed by atoms with van der Waals surface area (Å²) in [7, 11) is 0. The molecule has 0 bridgehead atoms. The second-order valence-electron chi connectivity index (χ2n) is 6.39. The van der Waals surface area contributed by atoms with Gasteiger partial charge in [-0.15, -0.1) is 0 Å². The normalized spacial score (nSPS) is 10.4. The summed E-state index contributed by atoms with van der Waals surface area (Å²) in [5.41, 5.74) is 2.61. The van der Waals surface area contributed by atoms with Crippen molar-refractivity contribution in [1.82, 2.24) is 0 Å². The van der Waals surface area contributed by atoms with Crippen LogP contribution in [0.25, 0.3) is 0 Å². The van der Waals surface area contributed by atoms with Crippen molar-refractivity contribution in [2.24, 2.45) is 0 Å². The lowest BCUT2D eigenvalue weighted by atomic mass is 10.0. The van der Waals surface area contributed by atoms with Gasteiger partial charge in [-0.3, -0.25) is 9.59 Å². The molecule has 2 aromatic carbocycles. The summed E-state index contributed by atoms with van der Waals surface area (Å²) >= 11 is 0. The van der Waals surface area contributed by atoms with Gasteiger partial charge in [0.15, 0.2) is 0 Å². The monoisotopic (exact) mass is 337 g/mol. The predicted molar refractivity (Wildman–Crippen MR) is 103 cm³/mol. The van der Waals surface area contributed by atoms with E-state index in [2.05, 4.69) is 12.2 Å². The zero-order valence-electron chi connectivity index (χ0n) is 15.0. The van der Waals surface area contributed by atoms with Crippen LogP contribution in [0.5, 0.6) is 0 Å². The maximum absolute atomic E-state index is 12.3. The highest BCUT2D eigenvalue weighted by Crippen LogP contribution is 2.18. The van der Waals surface area contributed by atoms with Crippen LogP contribution in [0.4, 0.5) is 5.69 Å². The number of rotatable bonds is 10. The minimum absolute atomic E-state index is 0.0611. The lowest BCUT2D eigenvalue weighted by Gasteiger charge is -2.11. The number of ketones is 1. The zero-order chi connectivity index (χ0) is 17.9. The molecule has 3 heteroatoms. The highest BCUT2D eigenvalue weighted by Gasteiger charge is 2.10. The van der Waals surface area contributed by atoms with Crippen molar-refractivity contribution >= 4 is 17.4 Å². The van der Waals surface area contributed by atoms with E-state index in [9.17, 15) is 9.59 Å². The van der Waals surface area contributed by atoms with Crippen molar-refractivity contribution in [2.45, 2.75) is 51.9 Å². The Morgan fingerprint density at radius 3 is 2.32 bits per heavy atom. The van der Waals surface area contributed by atoms with Gasteiger partial charge in [-0.05, 0) is 23.6 Å². The summed E-state index contributed by atoms with van der Waals surface area (Å²) in [5.74, 6) is 0.176. The summed E-state index contributed by atoms with van der Waals surface area (Å²) in [6, 6.07) is 17.2. The maximum Gasteiger partial charge on any atom is 0.228 e. The second kappa shape index (κ2) is 10.4. The van der Waals surface area contributed by atoms with E-state index in [0.29, 0.717) is 19.3 Å². The average Bonchev–Trinajstić information content (AvgIpc) is 2.61. The van der Waals surface area contributed by atoms with Crippen LogP contribution >= 0.6 is 0 Å². The molecule has 0 fully saturated rings. The van der Waals surface area contributed by atoms with E-state index < -0.39 is 0 Å². The van der Waals surface area contributed by atoms with Gasteiger partial charge in [0.1, 0.15) is 5.78 Å². The van der Waals surface area contributed by atoms with Gasteiger partial charge in [0.2, 0.25) is 5.91 Å². The van der Waals surface area contributed by atoms with E-state index in [4.69, 9.17) is 0 Å². The van der Waals surface area contributed by atoms with Crippen molar-refractivity contribution in [3.8, 4) is 0 Å². The minimum atomic E-state index is -0.0611. The van der Waals surface area contributed by atoms with Gasteiger partial charge in [-0.2, -0.15) is 0 Å². The molecule has 25 heavy (non-hydrogen) atoms. The Morgan fingerprint density at radius 2 is 1.56 bits per heavy atom. The Bertz CT molecular complexity index is 679. The number of anilines is 1. The van der Waals surface area contributed by atoms with Crippen molar-refractivity contribution in [1.29, 1.82) is 0 Å². The summed E-state index contributed by atoms with van der Waals surface area (Å²) in [6.07, 6.45) is 5.75. The molecule has 0 atom stereocenters. The third-order valence-electron chi connectivity index (χ3n) is 4.20. The molecule has 0 aromatic heterocycles. The Morgan fingerprint density at radius 1 is 0.840 bits per heavy atom. The molecule has 0 aliphatic heterocycles. The van der Waals surface area contributed by atoms with Crippen LogP contribution in [0.2, 0.25) is 0 Å². The van der Waals surface area contributed by atoms with E-state index in [1.807, 2.05) is 54.6 Å². The number of amides is 1. The van der Waals surface area contributed by atoms with E-state index >= 15 is 0 Å². The molecule has 132 valence electrons. The topological polar surface area (TPSA) is 46.2 Å².